The Bertz CT molecular complexity index is 1310. The van der Waals surface area contributed by atoms with Gasteiger partial charge < -0.3 is 10.2 Å². The summed E-state index contributed by atoms with van der Waals surface area (Å²) in [5.41, 5.74) is 0.622. The summed E-state index contributed by atoms with van der Waals surface area (Å²) >= 11 is 1.26. The van der Waals surface area contributed by atoms with E-state index in [9.17, 15) is 9.90 Å². The maximum atomic E-state index is 11.2. The number of thiazole rings is 1. The molecule has 2 heterocycles. The third-order valence-electron chi connectivity index (χ3n) is 4.15. The van der Waals surface area contributed by atoms with E-state index in [1.165, 1.54) is 23.5 Å². The Hall–Kier alpha value is -3.78. The molecular formula is C21H16N4O3S. The molecule has 4 rings (SSSR count). The molecule has 0 aliphatic carbocycles. The van der Waals surface area contributed by atoms with Gasteiger partial charge in [0.15, 0.2) is 10.6 Å². The first-order chi connectivity index (χ1) is 14.0. The van der Waals surface area contributed by atoms with Crippen LogP contribution in [0.25, 0.3) is 6.08 Å². The zero-order valence-corrected chi connectivity index (χ0v) is 16.0. The van der Waals surface area contributed by atoms with Crippen LogP contribution < -0.4 is 15.5 Å². The van der Waals surface area contributed by atoms with Gasteiger partial charge in [0.2, 0.25) is 5.88 Å². The lowest BCUT2D eigenvalue weighted by atomic mass is 10.2. The Balaban J connectivity index is 1.81. The number of carboxylic acid groups (broad SMARTS) is 1. The second-order valence-corrected chi connectivity index (χ2v) is 7.16. The van der Waals surface area contributed by atoms with Crippen LogP contribution in [0.1, 0.15) is 15.2 Å². The van der Waals surface area contributed by atoms with Crippen molar-refractivity contribution in [3.8, 4) is 5.88 Å². The number of carboxylic acids is 1. The van der Waals surface area contributed by atoms with Gasteiger partial charge in [0, 0.05) is 12.6 Å². The van der Waals surface area contributed by atoms with E-state index in [0.29, 0.717) is 27.7 Å². The Morgan fingerprint density at radius 1 is 1.17 bits per heavy atom. The normalized spacial score (nSPS) is 12.8. The molecule has 0 fully saturated rings. The molecule has 144 valence electrons. The van der Waals surface area contributed by atoms with E-state index in [-0.39, 0.29) is 11.4 Å². The van der Waals surface area contributed by atoms with Gasteiger partial charge in [-0.2, -0.15) is 0 Å². The fourth-order valence-electron chi connectivity index (χ4n) is 2.82. The van der Waals surface area contributed by atoms with Gasteiger partial charge in [0.1, 0.15) is 0 Å². The van der Waals surface area contributed by atoms with Crippen molar-refractivity contribution in [1.82, 2.24) is 4.57 Å². The highest BCUT2D eigenvalue weighted by Gasteiger charge is 2.13. The van der Waals surface area contributed by atoms with E-state index in [1.807, 2.05) is 24.3 Å². The van der Waals surface area contributed by atoms with Crippen LogP contribution in [0.15, 0.2) is 82.0 Å². The summed E-state index contributed by atoms with van der Waals surface area (Å²) in [6.45, 7) is 4.07. The molecule has 2 aromatic carbocycles. The van der Waals surface area contributed by atoms with Crippen LogP contribution in [0.4, 0.5) is 5.69 Å². The lowest BCUT2D eigenvalue weighted by Crippen LogP contribution is -2.19. The summed E-state index contributed by atoms with van der Waals surface area (Å²) in [5.74, 6) is -0.505. The van der Waals surface area contributed by atoms with Gasteiger partial charge in [-0.3, -0.25) is 4.57 Å². The molecule has 29 heavy (non-hydrogen) atoms. The van der Waals surface area contributed by atoms with Crippen molar-refractivity contribution in [2.45, 2.75) is 6.54 Å². The predicted octanol–water partition coefficient (Wildman–Crippen LogP) is 2.62. The number of para-hydroxylation sites is 2. The minimum atomic E-state index is -1.02. The largest absolute Gasteiger partial charge is 0.493 e. The molecule has 0 saturated heterocycles. The standard InChI is InChI=1S/C21H16N4O3S/c1-2-10-25-19(26)17(12-18-23-15-8-3-4-9-16(15)24-18)29-21(25)22-14-7-5-6-13(11-14)20(27)28/h2-9,11-12,26H,1,10H2,(H,27,28). The number of hydrogen-bond donors (Lipinski definition) is 2. The minimum Gasteiger partial charge on any atom is -0.493 e. The van der Waals surface area contributed by atoms with Crippen LogP contribution in [0.5, 0.6) is 5.88 Å². The molecule has 0 saturated carbocycles. The van der Waals surface area contributed by atoms with Crippen LogP contribution >= 0.6 is 11.3 Å². The molecule has 0 unspecified atom stereocenters. The van der Waals surface area contributed by atoms with E-state index in [0.717, 1.165) is 10.7 Å². The lowest BCUT2D eigenvalue weighted by molar-refractivity contribution is 0.0697. The van der Waals surface area contributed by atoms with E-state index in [2.05, 4.69) is 21.6 Å². The maximum Gasteiger partial charge on any atom is 0.335 e. The SMILES string of the molecule is C=CCn1c(O)c(C=C2N=c3ccccc3=N2)sc1=Nc1cccc(C(=O)O)c1. The van der Waals surface area contributed by atoms with Gasteiger partial charge in [-0.1, -0.05) is 35.6 Å². The summed E-state index contributed by atoms with van der Waals surface area (Å²) in [5, 5.41) is 21.4. The third kappa shape index (κ3) is 3.78. The Morgan fingerprint density at radius 3 is 2.55 bits per heavy atom. The van der Waals surface area contributed by atoms with Crippen molar-refractivity contribution in [3.05, 3.63) is 93.0 Å². The fraction of sp³-hybridized carbons (Fsp3) is 0.0476. The number of aromatic carboxylic acids is 1. The predicted molar refractivity (Wildman–Crippen MR) is 110 cm³/mol. The average molecular weight is 404 g/mol. The second kappa shape index (κ2) is 7.69. The van der Waals surface area contributed by atoms with Crippen molar-refractivity contribution in [3.63, 3.8) is 0 Å². The van der Waals surface area contributed by atoms with E-state index in [1.54, 1.807) is 28.9 Å². The topological polar surface area (TPSA) is 99.5 Å². The highest BCUT2D eigenvalue weighted by Crippen LogP contribution is 2.25. The fourth-order valence-corrected chi connectivity index (χ4v) is 3.80. The van der Waals surface area contributed by atoms with Crippen LogP contribution in [0, 0.1) is 0 Å². The molecule has 8 heteroatoms. The monoisotopic (exact) mass is 404 g/mol. The van der Waals surface area contributed by atoms with Gasteiger partial charge in [-0.15, -0.1) is 6.58 Å². The zero-order chi connectivity index (χ0) is 20.4. The summed E-state index contributed by atoms with van der Waals surface area (Å²) in [4.78, 5) is 25.7. The number of fused-ring (bicyclic) bond motifs is 1. The van der Waals surface area contributed by atoms with Crippen LogP contribution in [-0.4, -0.2) is 20.7 Å². The first-order valence-electron chi connectivity index (χ1n) is 8.71. The van der Waals surface area contributed by atoms with Crippen molar-refractivity contribution in [2.75, 3.05) is 0 Å². The molecule has 0 amide bonds. The third-order valence-corrected chi connectivity index (χ3v) is 5.16. The van der Waals surface area contributed by atoms with Crippen molar-refractivity contribution >= 4 is 29.1 Å². The summed E-state index contributed by atoms with van der Waals surface area (Å²) < 4.78 is 1.60. The van der Waals surface area contributed by atoms with Gasteiger partial charge in [0.25, 0.3) is 0 Å². The molecule has 2 N–H and O–H groups in total. The number of rotatable bonds is 5. The number of nitrogens with zero attached hydrogens (tertiary/aromatic N) is 4. The molecule has 7 nitrogen and oxygen atoms in total. The number of aromatic nitrogens is 1. The Labute approximate surface area is 169 Å². The number of benzene rings is 2. The number of hydrogen-bond acceptors (Lipinski definition) is 6. The second-order valence-electron chi connectivity index (χ2n) is 6.15. The maximum absolute atomic E-state index is 11.2. The number of allylic oxidation sites excluding steroid dienone is 1. The highest BCUT2D eigenvalue weighted by atomic mass is 32.1. The van der Waals surface area contributed by atoms with Crippen LogP contribution in [0.2, 0.25) is 0 Å². The first kappa shape index (κ1) is 18.6. The molecule has 0 atom stereocenters. The van der Waals surface area contributed by atoms with Crippen molar-refractivity contribution in [1.29, 1.82) is 0 Å². The molecule has 0 spiro atoms. The molecule has 3 aromatic rings. The number of carbonyl (C=O) groups is 1. The molecule has 1 aliphatic rings. The van der Waals surface area contributed by atoms with E-state index < -0.39 is 5.97 Å². The Kier molecular flexibility index (Phi) is 4.92. The smallest absolute Gasteiger partial charge is 0.335 e. The van der Waals surface area contributed by atoms with E-state index >= 15 is 0 Å². The summed E-state index contributed by atoms with van der Waals surface area (Å²) in [6.07, 6.45) is 3.35. The van der Waals surface area contributed by atoms with Crippen molar-refractivity contribution in [2.24, 2.45) is 15.0 Å². The Morgan fingerprint density at radius 2 is 1.90 bits per heavy atom. The zero-order valence-electron chi connectivity index (χ0n) is 15.2. The quantitative estimate of drug-likeness (QED) is 0.640. The molecule has 0 radical (unpaired) electrons. The first-order valence-corrected chi connectivity index (χ1v) is 9.52. The molecule has 1 aliphatic heterocycles. The van der Waals surface area contributed by atoms with E-state index in [4.69, 9.17) is 5.11 Å². The lowest BCUT2D eigenvalue weighted by Gasteiger charge is -2.01. The minimum absolute atomic E-state index is 0.0249. The highest BCUT2D eigenvalue weighted by molar-refractivity contribution is 7.10. The summed E-state index contributed by atoms with van der Waals surface area (Å²) in [7, 11) is 0. The average Bonchev–Trinajstić information content (AvgIpc) is 3.24. The van der Waals surface area contributed by atoms with Crippen LogP contribution in [-0.2, 0) is 6.54 Å². The van der Waals surface area contributed by atoms with Gasteiger partial charge >= 0.3 is 5.97 Å². The van der Waals surface area contributed by atoms with Crippen LogP contribution in [0.3, 0.4) is 0 Å². The van der Waals surface area contributed by atoms with Gasteiger partial charge in [-0.05, 0) is 30.3 Å². The molecule has 0 bridgehead atoms. The molecular weight excluding hydrogens is 388 g/mol. The van der Waals surface area contributed by atoms with Gasteiger partial charge in [-0.25, -0.2) is 19.8 Å². The number of aromatic hydroxyl groups is 1. The molecule has 1 aromatic heterocycles. The summed E-state index contributed by atoms with van der Waals surface area (Å²) in [6, 6.07) is 13.9. The van der Waals surface area contributed by atoms with Gasteiger partial charge in [0.05, 0.1) is 26.8 Å². The van der Waals surface area contributed by atoms with Crippen molar-refractivity contribution < 1.29 is 15.0 Å².